The van der Waals surface area contributed by atoms with Crippen molar-refractivity contribution in [1.82, 2.24) is 4.57 Å². The number of rotatable bonds is 5. The first-order valence-corrected chi connectivity index (χ1v) is 12.0. The third-order valence-electron chi connectivity index (χ3n) is 6.02. The molecule has 3 aromatic rings. The molecule has 1 aliphatic heterocycles. The normalized spacial score (nSPS) is 14.8. The summed E-state index contributed by atoms with van der Waals surface area (Å²) < 4.78 is 11.4. The molecule has 0 saturated heterocycles. The van der Waals surface area contributed by atoms with Crippen molar-refractivity contribution in [3.63, 3.8) is 0 Å². The number of aryl methyl sites for hydroxylation is 2. The van der Waals surface area contributed by atoms with Gasteiger partial charge in [0, 0.05) is 11.8 Å². The first-order valence-electron chi connectivity index (χ1n) is 11.2. The number of carbonyl (C=O) groups excluding carboxylic acids is 2. The summed E-state index contributed by atoms with van der Waals surface area (Å²) in [5, 5.41) is 13.1. The Balaban J connectivity index is 0.00000400. The van der Waals surface area contributed by atoms with Gasteiger partial charge in [-0.05, 0) is 43.2 Å². The molecule has 0 radical (unpaired) electrons. The second-order valence-corrected chi connectivity index (χ2v) is 9.42. The number of anilines is 1. The zero-order chi connectivity index (χ0) is 26.9. The molecule has 4 rings (SSSR count). The topological polar surface area (TPSA) is 136 Å². The predicted molar refractivity (Wildman–Crippen MR) is 148 cm³/mol. The number of hydrogen-bond donors (Lipinski definition) is 2. The molecule has 0 aliphatic carbocycles. The molecule has 0 spiro atoms. The molecule has 1 amide bonds. The van der Waals surface area contributed by atoms with Gasteiger partial charge in [0.25, 0.3) is 11.5 Å². The quantitative estimate of drug-likeness (QED) is 0.482. The fourth-order valence-electron chi connectivity index (χ4n) is 4.23. The summed E-state index contributed by atoms with van der Waals surface area (Å²) >= 11 is 0.925. The number of allylic oxidation sites excluding steroid dienone is 1. The summed E-state index contributed by atoms with van der Waals surface area (Å²) in [6.07, 6.45) is 1.04. The highest BCUT2D eigenvalue weighted by Crippen LogP contribution is 2.38. The molecule has 38 heavy (non-hydrogen) atoms. The average Bonchev–Trinajstić information content (AvgIpc) is 3.20. The van der Waals surface area contributed by atoms with E-state index < -0.39 is 23.4 Å². The molecule has 10 heteroatoms. The van der Waals surface area contributed by atoms with Crippen LogP contribution in [0.25, 0.3) is 17.5 Å². The van der Waals surface area contributed by atoms with Crippen molar-refractivity contribution in [2.75, 3.05) is 19.5 Å². The number of esters is 1. The Morgan fingerprint density at radius 3 is 2.55 bits per heavy atom. The van der Waals surface area contributed by atoms with Gasteiger partial charge >= 0.3 is 5.97 Å². The van der Waals surface area contributed by atoms with Gasteiger partial charge in [-0.25, -0.2) is 4.79 Å². The molecule has 0 bridgehead atoms. The number of nitrogens with two attached hydrogens (primary N) is 1. The van der Waals surface area contributed by atoms with Gasteiger partial charge in [-0.1, -0.05) is 37.3 Å². The van der Waals surface area contributed by atoms with E-state index >= 15 is 0 Å². The minimum absolute atomic E-state index is 0. The van der Waals surface area contributed by atoms with Gasteiger partial charge in [0.1, 0.15) is 20.8 Å². The van der Waals surface area contributed by atoms with Crippen LogP contribution in [0.2, 0.25) is 0 Å². The monoisotopic (exact) mass is 532 g/mol. The first-order chi connectivity index (χ1) is 17.7. The summed E-state index contributed by atoms with van der Waals surface area (Å²) in [6, 6.07) is 14.6. The van der Waals surface area contributed by atoms with E-state index in [0.29, 0.717) is 17.0 Å². The van der Waals surface area contributed by atoms with Gasteiger partial charge < -0.3 is 20.5 Å². The summed E-state index contributed by atoms with van der Waals surface area (Å²) in [6.45, 7) is 3.82. The number of amides is 1. The zero-order valence-electron chi connectivity index (χ0n) is 20.6. The minimum atomic E-state index is -0.894. The lowest BCUT2D eigenvalue weighted by atomic mass is 9.83. The van der Waals surface area contributed by atoms with Crippen molar-refractivity contribution in [3.05, 3.63) is 84.3 Å². The van der Waals surface area contributed by atoms with Gasteiger partial charge in [-0.15, -0.1) is 11.3 Å². The molecule has 0 fully saturated rings. The van der Waals surface area contributed by atoms with E-state index in [9.17, 15) is 19.6 Å². The van der Waals surface area contributed by atoms with Crippen LogP contribution in [-0.4, -0.2) is 30.7 Å². The molecular weight excluding hydrogens is 504 g/mol. The number of nitrogens with zero attached hydrogens (tertiary/aromatic N) is 2. The number of nitriles is 1. The van der Waals surface area contributed by atoms with Crippen molar-refractivity contribution in [2.24, 2.45) is 5.73 Å². The fraction of sp³-hybridized carbons (Fsp3) is 0.214. The average molecular weight is 533 g/mol. The number of ether oxygens (including phenoxy) is 2. The Labute approximate surface area is 223 Å². The molecule has 1 aliphatic rings. The molecule has 2 aromatic carbocycles. The Kier molecular flexibility index (Phi) is 8.23. The number of aromatic nitrogens is 1. The van der Waals surface area contributed by atoms with E-state index in [1.54, 1.807) is 30.3 Å². The fourth-order valence-corrected chi connectivity index (χ4v) is 5.37. The van der Waals surface area contributed by atoms with Crippen LogP contribution in [-0.2, 0) is 14.3 Å². The number of benzene rings is 2. The van der Waals surface area contributed by atoms with E-state index in [2.05, 4.69) is 16.1 Å². The minimum Gasteiger partial charge on any atom is -0.497 e. The largest absolute Gasteiger partial charge is 0.497 e. The van der Waals surface area contributed by atoms with Crippen LogP contribution in [0.15, 0.2) is 52.8 Å². The van der Waals surface area contributed by atoms with Gasteiger partial charge in [0.05, 0.1) is 37.4 Å². The molecule has 196 valence electrons. The molecule has 1 atom stereocenters. The number of methoxy groups -OCH3 is 2. The van der Waals surface area contributed by atoms with Crippen molar-refractivity contribution < 1.29 is 19.1 Å². The van der Waals surface area contributed by atoms with E-state index in [-0.39, 0.29) is 33.6 Å². The summed E-state index contributed by atoms with van der Waals surface area (Å²) in [4.78, 5) is 39.1. The second kappa shape index (κ2) is 11.2. The molecule has 0 saturated carbocycles. The number of fused-ring (bicyclic) bond motifs is 1. The highest BCUT2D eigenvalue weighted by atomic mass is 32.1. The smallest absolute Gasteiger partial charge is 0.332 e. The van der Waals surface area contributed by atoms with Crippen LogP contribution in [0.1, 0.15) is 30.0 Å². The maximum Gasteiger partial charge on any atom is 0.332 e. The lowest BCUT2D eigenvalue weighted by molar-refractivity contribution is -0.133. The van der Waals surface area contributed by atoms with Crippen molar-refractivity contribution >= 4 is 46.4 Å². The van der Waals surface area contributed by atoms with Crippen LogP contribution >= 0.6 is 11.3 Å². The first kappa shape index (κ1) is 28.0. The van der Waals surface area contributed by atoms with Gasteiger partial charge in [-0.2, -0.15) is 5.26 Å². The zero-order valence-corrected chi connectivity index (χ0v) is 21.4. The summed E-state index contributed by atoms with van der Waals surface area (Å²) in [7, 11) is 2.71. The molecular formula is C28H28N4O5S. The molecule has 1 unspecified atom stereocenters. The van der Waals surface area contributed by atoms with Gasteiger partial charge in [0.15, 0.2) is 0 Å². The van der Waals surface area contributed by atoms with Crippen LogP contribution in [0.5, 0.6) is 5.75 Å². The second-order valence-electron chi connectivity index (χ2n) is 8.39. The van der Waals surface area contributed by atoms with Crippen molar-refractivity contribution in [1.29, 1.82) is 5.26 Å². The number of nitrogens with one attached hydrogen (secondary N) is 1. The van der Waals surface area contributed by atoms with Crippen molar-refractivity contribution in [3.8, 4) is 11.8 Å². The molecule has 1 aromatic heterocycles. The van der Waals surface area contributed by atoms with E-state index in [1.807, 2.05) is 26.0 Å². The number of hydrogen-bond acceptors (Lipinski definition) is 8. The molecule has 3 N–H and O–H groups in total. The van der Waals surface area contributed by atoms with Gasteiger partial charge in [-0.3, -0.25) is 14.2 Å². The van der Waals surface area contributed by atoms with E-state index in [4.69, 9.17) is 10.5 Å². The third-order valence-corrected chi connectivity index (χ3v) is 7.13. The maximum absolute atomic E-state index is 13.9. The Hall–Kier alpha value is -4.62. The highest BCUT2D eigenvalue weighted by molar-refractivity contribution is 7.07. The van der Waals surface area contributed by atoms with Crippen LogP contribution in [0.3, 0.4) is 0 Å². The molecule has 2 heterocycles. The highest BCUT2D eigenvalue weighted by Gasteiger charge is 2.36. The van der Waals surface area contributed by atoms with Gasteiger partial charge in [0.2, 0.25) is 0 Å². The molecule has 9 nitrogen and oxygen atoms in total. The predicted octanol–water partition coefficient (Wildman–Crippen LogP) is 2.36. The van der Waals surface area contributed by atoms with E-state index in [0.717, 1.165) is 33.1 Å². The maximum atomic E-state index is 13.9. The standard InChI is InChI=1S/C27H24N4O5S.CH4/c1-14-8-9-19(15(2)10-14)30-25(33)23-22(16-6-5-7-17(11-16)35-3)18(13-28)24(29)31-26(34)20(37-27(23)31)12-21(32)36-4;/h5-12,22H,29H2,1-4H3,(H,30,33);1H4/b20-12-;. The number of thiazole rings is 1. The Bertz CT molecular complexity index is 1690. The lowest BCUT2D eigenvalue weighted by Crippen LogP contribution is -2.41. The van der Waals surface area contributed by atoms with Crippen LogP contribution < -0.4 is 30.5 Å². The summed E-state index contributed by atoms with van der Waals surface area (Å²) in [5.74, 6) is -1.73. The van der Waals surface area contributed by atoms with Crippen LogP contribution in [0.4, 0.5) is 5.69 Å². The lowest BCUT2D eigenvalue weighted by Gasteiger charge is -2.25. The number of carbonyl (C=O) groups is 2. The SMILES string of the molecule is C.COC(=O)/C=c1\sc2n(c1=O)C(N)=C(C#N)C(c1cccc(OC)c1)C=2C(=O)Nc1ccc(C)cc1C. The van der Waals surface area contributed by atoms with E-state index in [1.165, 1.54) is 14.2 Å². The van der Waals surface area contributed by atoms with Crippen molar-refractivity contribution in [2.45, 2.75) is 27.2 Å². The van der Waals surface area contributed by atoms with Crippen LogP contribution in [0, 0.1) is 25.2 Å². The third kappa shape index (κ3) is 4.96. The Morgan fingerprint density at radius 1 is 1.18 bits per heavy atom. The summed E-state index contributed by atoms with van der Waals surface area (Å²) in [5.41, 5.74) is 8.94. The Morgan fingerprint density at radius 2 is 1.92 bits per heavy atom.